The van der Waals surface area contributed by atoms with Crippen molar-refractivity contribution in [3.63, 3.8) is 0 Å². The summed E-state index contributed by atoms with van der Waals surface area (Å²) >= 11 is 0. The third-order valence-corrected chi connectivity index (χ3v) is 16.4. The highest BCUT2D eigenvalue weighted by molar-refractivity contribution is 6.10. The number of benzene rings is 8. The molecule has 388 valence electrons. The summed E-state index contributed by atoms with van der Waals surface area (Å²) in [6.07, 6.45) is 1.95. The molecule has 5 nitrogen and oxygen atoms in total. The first-order valence-electron chi connectivity index (χ1n) is 27.4. The van der Waals surface area contributed by atoms with E-state index in [-0.39, 0.29) is 27.1 Å². The van der Waals surface area contributed by atoms with Crippen molar-refractivity contribution in [2.24, 2.45) is 0 Å². The molecule has 3 heterocycles. The summed E-state index contributed by atoms with van der Waals surface area (Å²) in [6.45, 7) is 30.5. The molecular weight excluding hydrogens is 937 g/mol. The number of aromatic nitrogens is 2. The number of rotatable bonds is 10. The van der Waals surface area contributed by atoms with Crippen LogP contribution < -0.4 is 14.5 Å². The molecule has 8 aromatic carbocycles. The quantitative estimate of drug-likeness (QED) is 0.137. The zero-order valence-electron chi connectivity index (χ0n) is 47.5. The van der Waals surface area contributed by atoms with E-state index in [1.165, 1.54) is 66.8 Å². The summed E-state index contributed by atoms with van der Waals surface area (Å²) in [4.78, 5) is 10.1. The first-order chi connectivity index (χ1) is 36.5. The molecule has 0 spiro atoms. The molecule has 0 fully saturated rings. The Kier molecular flexibility index (Phi) is 12.6. The van der Waals surface area contributed by atoms with E-state index < -0.39 is 0 Å². The highest BCUT2D eigenvalue weighted by atomic mass is 16.5. The first kappa shape index (κ1) is 51.2. The zero-order chi connectivity index (χ0) is 54.2. The third-order valence-electron chi connectivity index (χ3n) is 16.4. The highest BCUT2D eigenvalue weighted by Crippen LogP contribution is 2.50. The van der Waals surface area contributed by atoms with Crippen molar-refractivity contribution < 1.29 is 4.74 Å². The van der Waals surface area contributed by atoms with Gasteiger partial charge in [0.1, 0.15) is 24.0 Å². The van der Waals surface area contributed by atoms with Gasteiger partial charge >= 0.3 is 0 Å². The molecule has 0 atom stereocenters. The summed E-state index contributed by atoms with van der Waals surface area (Å²) in [6, 6.07) is 71.6. The molecule has 0 saturated carbocycles. The second-order valence-corrected chi connectivity index (χ2v) is 25.5. The van der Waals surface area contributed by atoms with E-state index in [1.807, 2.05) is 6.20 Å². The van der Waals surface area contributed by atoms with Gasteiger partial charge in [0.25, 0.3) is 0 Å². The Labute approximate surface area is 457 Å². The van der Waals surface area contributed by atoms with Gasteiger partial charge in [-0.25, -0.2) is 4.98 Å². The smallest absolute Gasteiger partial charge is 0.137 e. The van der Waals surface area contributed by atoms with Gasteiger partial charge < -0.3 is 14.5 Å². The second kappa shape index (κ2) is 19.0. The fourth-order valence-corrected chi connectivity index (χ4v) is 11.2. The van der Waals surface area contributed by atoms with Gasteiger partial charge in [0.15, 0.2) is 0 Å². The average molecular weight is 1010 g/mol. The molecule has 0 radical (unpaired) electrons. The topological polar surface area (TPSA) is 33.5 Å². The average Bonchev–Trinajstić information content (AvgIpc) is 4.02. The van der Waals surface area contributed by atoms with Gasteiger partial charge in [0, 0.05) is 51.3 Å². The van der Waals surface area contributed by atoms with E-state index in [0.29, 0.717) is 6.67 Å². The van der Waals surface area contributed by atoms with Crippen LogP contribution in [0.5, 0.6) is 11.5 Å². The molecule has 10 aromatic rings. The van der Waals surface area contributed by atoms with E-state index >= 15 is 0 Å². The molecule has 0 aliphatic carbocycles. The Morgan fingerprint density at radius 2 is 0.935 bits per heavy atom. The van der Waals surface area contributed by atoms with E-state index in [2.05, 4.69) is 298 Å². The van der Waals surface area contributed by atoms with E-state index in [1.54, 1.807) is 0 Å². The summed E-state index contributed by atoms with van der Waals surface area (Å²) in [5.74, 6) is 2.44. The third kappa shape index (κ3) is 9.71. The molecule has 0 bridgehead atoms. The number of anilines is 4. The minimum Gasteiger partial charge on any atom is -0.457 e. The Balaban J connectivity index is 1.04. The Morgan fingerprint density at radius 1 is 0.364 bits per heavy atom. The van der Waals surface area contributed by atoms with Gasteiger partial charge in [-0.1, -0.05) is 199 Å². The normalized spacial score (nSPS) is 13.4. The van der Waals surface area contributed by atoms with Gasteiger partial charge in [-0.2, -0.15) is 0 Å². The van der Waals surface area contributed by atoms with E-state index in [4.69, 9.17) is 9.72 Å². The zero-order valence-corrected chi connectivity index (χ0v) is 47.5. The van der Waals surface area contributed by atoms with Gasteiger partial charge in [-0.15, -0.1) is 0 Å². The number of hydrogen-bond acceptors (Lipinski definition) is 4. The molecule has 0 saturated heterocycles. The van der Waals surface area contributed by atoms with Crippen LogP contribution >= 0.6 is 0 Å². The van der Waals surface area contributed by atoms with Gasteiger partial charge in [0.2, 0.25) is 0 Å². The summed E-state index contributed by atoms with van der Waals surface area (Å²) in [7, 11) is 0. The predicted octanol–water partition coefficient (Wildman–Crippen LogP) is 19.4. The van der Waals surface area contributed by atoms with E-state index in [9.17, 15) is 0 Å². The molecule has 77 heavy (non-hydrogen) atoms. The maximum atomic E-state index is 7.19. The molecule has 0 unspecified atom stereocenters. The Morgan fingerprint density at radius 3 is 1.58 bits per heavy atom. The van der Waals surface area contributed by atoms with Crippen LogP contribution in [-0.2, 0) is 27.1 Å². The lowest BCUT2D eigenvalue weighted by molar-refractivity contribution is 0.479. The maximum Gasteiger partial charge on any atom is 0.137 e. The number of fused-ring (bicyclic) bond motifs is 4. The maximum absolute atomic E-state index is 7.19. The van der Waals surface area contributed by atoms with Crippen molar-refractivity contribution in [3.8, 4) is 28.4 Å². The van der Waals surface area contributed by atoms with Gasteiger partial charge in [-0.05, 0) is 139 Å². The summed E-state index contributed by atoms with van der Waals surface area (Å²) < 4.78 is 9.51. The molecule has 2 aromatic heterocycles. The number of nitrogens with zero attached hydrogens (tertiary/aromatic N) is 4. The summed E-state index contributed by atoms with van der Waals surface area (Å²) in [5.41, 5.74) is 17.2. The van der Waals surface area contributed by atoms with Crippen LogP contribution in [0.3, 0.4) is 0 Å². The van der Waals surface area contributed by atoms with Crippen molar-refractivity contribution >= 4 is 44.6 Å². The lowest BCUT2D eigenvalue weighted by atomic mass is 9.77. The summed E-state index contributed by atoms with van der Waals surface area (Å²) in [5, 5.41) is 2.34. The minimum atomic E-state index is -0.251. The van der Waals surface area contributed by atoms with E-state index in [0.717, 1.165) is 45.1 Å². The van der Waals surface area contributed by atoms with Crippen LogP contribution in [0.2, 0.25) is 0 Å². The van der Waals surface area contributed by atoms with Crippen molar-refractivity contribution in [2.75, 3.05) is 16.5 Å². The highest BCUT2D eigenvalue weighted by Gasteiger charge is 2.34. The lowest BCUT2D eigenvalue weighted by Crippen LogP contribution is -2.25. The minimum absolute atomic E-state index is 0.0526. The predicted molar refractivity (Wildman–Crippen MR) is 326 cm³/mol. The SMILES string of the molecule is CC(C)(C)c1cc(Oc2ccc3c4cc(C(C)(C)c5ccccc5)ccc4n(-c4cc(C(C)(C)C)ccn4)c3c2)cc(N2CN(c3cc(-c4ccccc4)cc(C(C)(C)c4ccccc4)c3)c3ccc(C(C)(C)C)cc32)c1. The molecule has 0 amide bonds. The number of ether oxygens (including phenoxy) is 1. The van der Waals surface area contributed by atoms with Crippen molar-refractivity contribution in [3.05, 3.63) is 239 Å². The van der Waals surface area contributed by atoms with Crippen LogP contribution in [-0.4, -0.2) is 16.2 Å². The molecule has 0 N–H and O–H groups in total. The lowest BCUT2D eigenvalue weighted by Gasteiger charge is -2.30. The Hall–Kier alpha value is -7.89. The molecular formula is C72H74N4O. The first-order valence-corrected chi connectivity index (χ1v) is 27.4. The van der Waals surface area contributed by atoms with Gasteiger partial charge in [0.05, 0.1) is 22.4 Å². The second-order valence-electron chi connectivity index (χ2n) is 25.5. The molecule has 1 aliphatic heterocycles. The molecule has 1 aliphatic rings. The van der Waals surface area contributed by atoms with Crippen molar-refractivity contribution in [1.82, 2.24) is 9.55 Å². The standard InChI is InChI=1S/C72H74N4O/c1-68(2,3)52-29-34-64-66(43-52)75(47-74(64)57-38-49(48-23-17-14-18-24-48)37-56(40-57)72(12,13)51-27-21-16-22-28-51)58-39-55(70(7,8)9)41-60(45-58)77-59-31-32-61-62-42-54(71(10,11)50-25-19-15-20-26-50)30-33-63(62)76(65(61)46-59)67-44-53(35-36-73-67)69(4,5)6/h14-46H,47H2,1-13H3. The number of hydrogen-bond donors (Lipinski definition) is 0. The van der Waals surface area contributed by atoms with Crippen molar-refractivity contribution in [2.45, 2.75) is 117 Å². The van der Waals surface area contributed by atoms with Crippen LogP contribution in [0.1, 0.15) is 129 Å². The van der Waals surface area contributed by atoms with Crippen molar-refractivity contribution in [1.29, 1.82) is 0 Å². The largest absolute Gasteiger partial charge is 0.457 e. The monoisotopic (exact) mass is 1010 g/mol. The fourth-order valence-electron chi connectivity index (χ4n) is 11.2. The van der Waals surface area contributed by atoms with Crippen LogP contribution in [0.25, 0.3) is 38.8 Å². The molecule has 11 rings (SSSR count). The Bertz CT molecular complexity index is 3810. The van der Waals surface area contributed by atoms with Crippen LogP contribution in [0.15, 0.2) is 200 Å². The van der Waals surface area contributed by atoms with Crippen LogP contribution in [0.4, 0.5) is 22.7 Å². The fraction of sp³-hybridized carbons (Fsp3) is 0.264. The van der Waals surface area contributed by atoms with Gasteiger partial charge in [-0.3, -0.25) is 4.57 Å². The molecule has 5 heteroatoms. The van der Waals surface area contributed by atoms with Crippen LogP contribution in [0, 0.1) is 0 Å². The number of pyridine rings is 1.